The van der Waals surface area contributed by atoms with Crippen molar-refractivity contribution in [2.24, 2.45) is 0 Å². The average Bonchev–Trinajstić information content (AvgIpc) is 3.71. The zero-order chi connectivity index (χ0) is 33.0. The van der Waals surface area contributed by atoms with E-state index >= 15 is 0 Å². The van der Waals surface area contributed by atoms with Gasteiger partial charge >= 0.3 is 0 Å². The summed E-state index contributed by atoms with van der Waals surface area (Å²) in [6.45, 7) is 0.708. The van der Waals surface area contributed by atoms with Gasteiger partial charge in [-0.3, -0.25) is 9.13 Å². The van der Waals surface area contributed by atoms with Crippen LogP contribution in [-0.2, 0) is 0 Å². The average molecular weight is 642 g/mol. The van der Waals surface area contributed by atoms with Crippen molar-refractivity contribution in [1.82, 2.24) is 19.1 Å². The van der Waals surface area contributed by atoms with Crippen molar-refractivity contribution in [3.05, 3.63) is 187 Å². The molecule has 3 aromatic heterocycles. The first-order valence-electron chi connectivity index (χ1n) is 17.0. The topological polar surface area (TPSA) is 38.9 Å². The number of fused-ring (bicyclic) bond motifs is 6. The number of anilines is 1. The predicted molar refractivity (Wildman–Crippen MR) is 207 cm³/mol. The van der Waals surface area contributed by atoms with Crippen LogP contribution in [0.15, 0.2) is 176 Å². The zero-order valence-electron chi connectivity index (χ0n) is 27.2. The summed E-state index contributed by atoms with van der Waals surface area (Å²) in [5, 5.41) is 4.75. The van der Waals surface area contributed by atoms with E-state index in [1.54, 1.807) is 0 Å². The van der Waals surface area contributed by atoms with Crippen LogP contribution in [0, 0.1) is 0 Å². The number of para-hydroxylation sites is 5. The third-order valence-electron chi connectivity index (χ3n) is 9.85. The molecule has 0 saturated carbocycles. The van der Waals surface area contributed by atoms with Crippen molar-refractivity contribution >= 4 is 60.4 Å². The molecule has 10 rings (SSSR count). The molecule has 0 saturated heterocycles. The Kier molecular flexibility index (Phi) is 6.49. The Hall–Kier alpha value is -6.72. The fourth-order valence-electron chi connectivity index (χ4n) is 7.58. The van der Waals surface area contributed by atoms with Crippen LogP contribution in [0.3, 0.4) is 0 Å². The van der Waals surface area contributed by atoms with E-state index < -0.39 is 0 Å². The van der Waals surface area contributed by atoms with E-state index in [4.69, 9.17) is 9.97 Å². The molecule has 0 spiro atoms. The van der Waals surface area contributed by atoms with Gasteiger partial charge in [-0.25, -0.2) is 4.98 Å². The molecule has 50 heavy (non-hydrogen) atoms. The molecule has 1 aliphatic rings. The summed E-state index contributed by atoms with van der Waals surface area (Å²) in [7, 11) is 0. The summed E-state index contributed by atoms with van der Waals surface area (Å²) in [5.74, 6) is 1.46. The van der Waals surface area contributed by atoms with Crippen molar-refractivity contribution < 1.29 is 0 Å². The normalized spacial score (nSPS) is 13.3. The molecule has 0 unspecified atom stereocenters. The van der Waals surface area contributed by atoms with E-state index in [9.17, 15) is 0 Å². The molecule has 4 heterocycles. The maximum atomic E-state index is 5.45. The molecule has 1 aliphatic heterocycles. The SMILES string of the molecule is C1=CN(c2ccccc2)CC(c2ccccc2)=C1c1cc(-n2c3ccccc3c3ccccc32)nc(-n2c3ccccc3c3ccccc32)n1. The lowest BCUT2D eigenvalue weighted by Crippen LogP contribution is -2.22. The molecular weight excluding hydrogens is 611 g/mol. The van der Waals surface area contributed by atoms with E-state index in [1.165, 1.54) is 32.7 Å². The van der Waals surface area contributed by atoms with Crippen LogP contribution in [0.5, 0.6) is 0 Å². The van der Waals surface area contributed by atoms with Gasteiger partial charge in [-0.2, -0.15) is 4.98 Å². The first-order chi connectivity index (χ1) is 24.8. The number of hydrogen-bond donors (Lipinski definition) is 0. The van der Waals surface area contributed by atoms with Crippen LogP contribution < -0.4 is 4.90 Å². The van der Waals surface area contributed by atoms with Crippen LogP contribution in [0.1, 0.15) is 11.3 Å². The second kappa shape index (κ2) is 11.5. The number of hydrogen-bond acceptors (Lipinski definition) is 3. The summed E-state index contributed by atoms with van der Waals surface area (Å²) in [6.07, 6.45) is 4.39. The number of rotatable bonds is 5. The van der Waals surface area contributed by atoms with E-state index in [1.807, 2.05) is 0 Å². The molecular formula is C45H31N5. The Morgan fingerprint density at radius 2 is 0.940 bits per heavy atom. The highest BCUT2D eigenvalue weighted by atomic mass is 15.2. The lowest BCUT2D eigenvalue weighted by atomic mass is 9.94. The number of aromatic nitrogens is 4. The summed E-state index contributed by atoms with van der Waals surface area (Å²) in [4.78, 5) is 13.2. The zero-order valence-corrected chi connectivity index (χ0v) is 27.2. The van der Waals surface area contributed by atoms with Crippen molar-refractivity contribution in [3.63, 3.8) is 0 Å². The standard InChI is InChI=1S/C45H31N5/c1-3-15-31(16-4-1)38-30-48(32-17-5-2-6-18-32)28-27-33(38)39-29-44(49-40-23-11-7-19-34(40)35-20-8-12-24-41(35)49)47-45(46-39)50-42-25-13-9-21-36(42)37-22-10-14-26-43(37)50/h1-29H,30H2. The number of allylic oxidation sites excluding steroid dienone is 2. The third kappa shape index (κ3) is 4.48. The maximum Gasteiger partial charge on any atom is 0.237 e. The van der Waals surface area contributed by atoms with Gasteiger partial charge in [0.25, 0.3) is 0 Å². The van der Waals surface area contributed by atoms with Gasteiger partial charge in [-0.05, 0) is 53.6 Å². The minimum absolute atomic E-state index is 0.635. The van der Waals surface area contributed by atoms with Crippen molar-refractivity contribution in [2.75, 3.05) is 11.4 Å². The summed E-state index contributed by atoms with van der Waals surface area (Å²) >= 11 is 0. The predicted octanol–water partition coefficient (Wildman–Crippen LogP) is 10.6. The molecule has 0 atom stereocenters. The monoisotopic (exact) mass is 641 g/mol. The summed E-state index contributed by atoms with van der Waals surface area (Å²) < 4.78 is 4.51. The first kappa shape index (κ1) is 28.3. The summed E-state index contributed by atoms with van der Waals surface area (Å²) in [6, 6.07) is 57.7. The Bertz CT molecular complexity index is 2550. The lowest BCUT2D eigenvalue weighted by molar-refractivity contribution is 0.940. The highest BCUT2D eigenvalue weighted by Gasteiger charge is 2.23. The van der Waals surface area contributed by atoms with Gasteiger partial charge in [-0.1, -0.05) is 121 Å². The van der Waals surface area contributed by atoms with Crippen molar-refractivity contribution in [1.29, 1.82) is 0 Å². The molecule has 0 radical (unpaired) electrons. The van der Waals surface area contributed by atoms with Crippen molar-refractivity contribution in [2.45, 2.75) is 0 Å². The van der Waals surface area contributed by atoms with Gasteiger partial charge in [-0.15, -0.1) is 0 Å². The molecule has 9 aromatic rings. The first-order valence-corrected chi connectivity index (χ1v) is 17.0. The summed E-state index contributed by atoms with van der Waals surface area (Å²) in [5.41, 5.74) is 9.84. The highest BCUT2D eigenvalue weighted by Crippen LogP contribution is 2.37. The Labute approximate surface area is 289 Å². The van der Waals surface area contributed by atoms with E-state index in [-0.39, 0.29) is 0 Å². The Morgan fingerprint density at radius 1 is 0.460 bits per heavy atom. The van der Waals surface area contributed by atoms with Gasteiger partial charge in [0.05, 0.1) is 27.8 Å². The molecule has 0 amide bonds. The van der Waals surface area contributed by atoms with E-state index in [2.05, 4.69) is 190 Å². The Morgan fingerprint density at radius 3 is 1.50 bits per heavy atom. The molecule has 0 bridgehead atoms. The van der Waals surface area contributed by atoms with Gasteiger partial charge < -0.3 is 4.90 Å². The third-order valence-corrected chi connectivity index (χ3v) is 9.85. The second-order valence-electron chi connectivity index (χ2n) is 12.7. The minimum atomic E-state index is 0.635. The van der Waals surface area contributed by atoms with Crippen LogP contribution >= 0.6 is 0 Å². The molecule has 6 aromatic carbocycles. The molecule has 5 nitrogen and oxygen atoms in total. The van der Waals surface area contributed by atoms with Gasteiger partial charge in [0.15, 0.2) is 0 Å². The van der Waals surface area contributed by atoms with Crippen LogP contribution in [0.4, 0.5) is 5.69 Å². The fraction of sp³-hybridized carbons (Fsp3) is 0.0222. The lowest BCUT2D eigenvalue weighted by Gasteiger charge is -2.28. The van der Waals surface area contributed by atoms with Crippen LogP contribution in [0.2, 0.25) is 0 Å². The molecule has 0 fully saturated rings. The quantitative estimate of drug-likeness (QED) is 0.188. The van der Waals surface area contributed by atoms with Gasteiger partial charge in [0.1, 0.15) is 5.82 Å². The number of nitrogens with zero attached hydrogens (tertiary/aromatic N) is 5. The van der Waals surface area contributed by atoms with E-state index in [0.717, 1.165) is 44.8 Å². The van der Waals surface area contributed by atoms with Crippen LogP contribution in [0.25, 0.3) is 66.5 Å². The molecule has 0 N–H and O–H groups in total. The minimum Gasteiger partial charge on any atom is -0.343 e. The smallest absolute Gasteiger partial charge is 0.237 e. The largest absolute Gasteiger partial charge is 0.343 e. The van der Waals surface area contributed by atoms with Crippen molar-refractivity contribution in [3.8, 4) is 11.8 Å². The second-order valence-corrected chi connectivity index (χ2v) is 12.7. The highest BCUT2D eigenvalue weighted by molar-refractivity contribution is 6.10. The molecule has 0 aliphatic carbocycles. The van der Waals surface area contributed by atoms with Gasteiger partial charge in [0.2, 0.25) is 5.95 Å². The Balaban J connectivity index is 1.29. The maximum absolute atomic E-state index is 5.45. The fourth-order valence-corrected chi connectivity index (χ4v) is 7.58. The molecule has 5 heteroatoms. The van der Waals surface area contributed by atoms with E-state index in [0.29, 0.717) is 12.5 Å². The number of benzene rings is 6. The molecule has 236 valence electrons. The van der Waals surface area contributed by atoms with Gasteiger partial charge in [0, 0.05) is 51.6 Å². The van der Waals surface area contributed by atoms with Crippen LogP contribution in [-0.4, -0.2) is 25.6 Å².